The van der Waals surface area contributed by atoms with E-state index in [0.717, 1.165) is 39.3 Å². The topological polar surface area (TPSA) is 71.9 Å². The summed E-state index contributed by atoms with van der Waals surface area (Å²) in [7, 11) is 0. The number of nitriles is 1. The molecule has 0 spiro atoms. The second-order valence-corrected chi connectivity index (χ2v) is 7.55. The van der Waals surface area contributed by atoms with Crippen LogP contribution in [0.5, 0.6) is 0 Å². The summed E-state index contributed by atoms with van der Waals surface area (Å²) in [5, 5.41) is 20.5. The summed E-state index contributed by atoms with van der Waals surface area (Å²) in [6, 6.07) is 28.7. The number of nitrogens with zero attached hydrogens (tertiary/aromatic N) is 3. The van der Waals surface area contributed by atoms with Gasteiger partial charge in [0, 0.05) is 29.2 Å². The maximum atomic E-state index is 10.9. The van der Waals surface area contributed by atoms with Gasteiger partial charge in [0.25, 0.3) is 5.69 Å². The zero-order valence-corrected chi connectivity index (χ0v) is 17.8. The van der Waals surface area contributed by atoms with E-state index in [2.05, 4.69) is 16.7 Å². The minimum Gasteiger partial charge on any atom is -0.318 e. The van der Waals surface area contributed by atoms with Crippen molar-refractivity contribution in [2.45, 2.75) is 13.8 Å². The van der Waals surface area contributed by atoms with Crippen molar-refractivity contribution in [1.29, 1.82) is 5.26 Å². The van der Waals surface area contributed by atoms with Crippen LogP contribution in [0.2, 0.25) is 0 Å². The van der Waals surface area contributed by atoms with Gasteiger partial charge in [0.15, 0.2) is 0 Å². The largest absolute Gasteiger partial charge is 0.318 e. The second-order valence-electron chi connectivity index (χ2n) is 7.55. The van der Waals surface area contributed by atoms with Gasteiger partial charge in [0.1, 0.15) is 0 Å². The number of non-ortho nitro benzene ring substituents is 1. The lowest BCUT2D eigenvalue weighted by atomic mass is 10.0. The standard InChI is InChI=1S/C27H21N3O2/c1-19-16-24(17-25(18-28)21-6-4-3-5-7-21)20(2)29(19)26-12-8-22(9-13-26)23-10-14-27(15-11-23)30(31)32/h3-17H,1-2H3/b25-17-. The molecule has 0 bridgehead atoms. The summed E-state index contributed by atoms with van der Waals surface area (Å²) < 4.78 is 2.16. The molecule has 0 N–H and O–H groups in total. The smallest absolute Gasteiger partial charge is 0.269 e. The lowest BCUT2D eigenvalue weighted by molar-refractivity contribution is -0.384. The van der Waals surface area contributed by atoms with Gasteiger partial charge < -0.3 is 4.57 Å². The highest BCUT2D eigenvalue weighted by molar-refractivity contribution is 5.90. The molecule has 1 aromatic heterocycles. The maximum absolute atomic E-state index is 10.9. The zero-order chi connectivity index (χ0) is 22.7. The highest BCUT2D eigenvalue weighted by Gasteiger charge is 2.12. The Balaban J connectivity index is 1.66. The average Bonchev–Trinajstić information content (AvgIpc) is 3.10. The van der Waals surface area contributed by atoms with Crippen LogP contribution in [0.15, 0.2) is 84.9 Å². The third-order valence-electron chi connectivity index (χ3n) is 5.51. The fourth-order valence-corrected chi connectivity index (χ4v) is 3.86. The summed E-state index contributed by atoms with van der Waals surface area (Å²) >= 11 is 0. The summed E-state index contributed by atoms with van der Waals surface area (Å²) in [5.41, 5.74) is 7.65. The number of benzene rings is 3. The number of allylic oxidation sites excluding steroid dienone is 1. The Morgan fingerprint density at radius 2 is 1.53 bits per heavy atom. The first-order chi connectivity index (χ1) is 15.5. The molecule has 0 saturated heterocycles. The van der Waals surface area contributed by atoms with Crippen molar-refractivity contribution >= 4 is 17.3 Å². The monoisotopic (exact) mass is 419 g/mol. The molecule has 0 aliphatic rings. The Morgan fingerprint density at radius 1 is 0.938 bits per heavy atom. The van der Waals surface area contributed by atoms with Crippen LogP contribution in [-0.4, -0.2) is 9.49 Å². The normalized spacial score (nSPS) is 11.2. The van der Waals surface area contributed by atoms with Gasteiger partial charge in [-0.1, -0.05) is 42.5 Å². The van der Waals surface area contributed by atoms with E-state index in [1.54, 1.807) is 12.1 Å². The van der Waals surface area contributed by atoms with Crippen LogP contribution >= 0.6 is 0 Å². The number of nitro benzene ring substituents is 1. The molecule has 5 heteroatoms. The fraction of sp³-hybridized carbons (Fsp3) is 0.0741. The maximum Gasteiger partial charge on any atom is 0.269 e. The van der Waals surface area contributed by atoms with Gasteiger partial charge in [-0.3, -0.25) is 10.1 Å². The van der Waals surface area contributed by atoms with Gasteiger partial charge >= 0.3 is 0 Å². The molecular formula is C27H21N3O2. The van der Waals surface area contributed by atoms with E-state index in [1.165, 1.54) is 12.1 Å². The number of hydrogen-bond donors (Lipinski definition) is 0. The molecule has 1 heterocycles. The van der Waals surface area contributed by atoms with E-state index < -0.39 is 4.92 Å². The molecule has 156 valence electrons. The molecular weight excluding hydrogens is 398 g/mol. The number of aryl methyl sites for hydroxylation is 1. The van der Waals surface area contributed by atoms with Gasteiger partial charge in [0.05, 0.1) is 16.6 Å². The zero-order valence-electron chi connectivity index (χ0n) is 17.8. The van der Waals surface area contributed by atoms with E-state index in [4.69, 9.17) is 0 Å². The van der Waals surface area contributed by atoms with E-state index in [-0.39, 0.29) is 5.69 Å². The predicted octanol–water partition coefficient (Wildman–Crippen LogP) is 6.73. The Morgan fingerprint density at radius 3 is 2.09 bits per heavy atom. The molecule has 0 unspecified atom stereocenters. The molecule has 0 fully saturated rings. The highest BCUT2D eigenvalue weighted by Crippen LogP contribution is 2.28. The Bertz CT molecular complexity index is 1340. The van der Waals surface area contributed by atoms with Gasteiger partial charge in [0.2, 0.25) is 0 Å². The minimum absolute atomic E-state index is 0.0804. The first-order valence-electron chi connectivity index (χ1n) is 10.2. The first-order valence-corrected chi connectivity index (χ1v) is 10.2. The summed E-state index contributed by atoms with van der Waals surface area (Å²) in [4.78, 5) is 10.5. The van der Waals surface area contributed by atoms with Gasteiger partial charge in [-0.2, -0.15) is 5.26 Å². The van der Waals surface area contributed by atoms with Crippen LogP contribution in [0.1, 0.15) is 22.5 Å². The van der Waals surface area contributed by atoms with Crippen molar-refractivity contribution < 1.29 is 4.92 Å². The van der Waals surface area contributed by atoms with Crippen molar-refractivity contribution in [3.8, 4) is 22.9 Å². The average molecular weight is 419 g/mol. The van der Waals surface area contributed by atoms with Crippen molar-refractivity contribution in [1.82, 2.24) is 4.57 Å². The first kappa shape index (κ1) is 20.8. The summed E-state index contributed by atoms with van der Waals surface area (Å²) in [6.07, 6.45) is 1.93. The molecule has 0 atom stereocenters. The van der Waals surface area contributed by atoms with Crippen molar-refractivity contribution in [3.05, 3.63) is 118 Å². The number of hydrogen-bond acceptors (Lipinski definition) is 3. The second kappa shape index (κ2) is 8.75. The van der Waals surface area contributed by atoms with Gasteiger partial charge in [-0.15, -0.1) is 0 Å². The molecule has 32 heavy (non-hydrogen) atoms. The Labute approximate surface area is 186 Å². The van der Waals surface area contributed by atoms with E-state index in [0.29, 0.717) is 5.57 Å². The molecule has 4 aromatic rings. The van der Waals surface area contributed by atoms with Crippen LogP contribution in [0.3, 0.4) is 0 Å². The van der Waals surface area contributed by atoms with Crippen LogP contribution < -0.4 is 0 Å². The molecule has 0 amide bonds. The van der Waals surface area contributed by atoms with Crippen molar-refractivity contribution in [2.24, 2.45) is 0 Å². The van der Waals surface area contributed by atoms with Gasteiger partial charge in [-0.05, 0) is 72.5 Å². The van der Waals surface area contributed by atoms with Crippen LogP contribution in [0, 0.1) is 35.3 Å². The van der Waals surface area contributed by atoms with Crippen LogP contribution in [-0.2, 0) is 0 Å². The lowest BCUT2D eigenvalue weighted by Crippen LogP contribution is -1.99. The van der Waals surface area contributed by atoms with E-state index >= 15 is 0 Å². The summed E-state index contributed by atoms with van der Waals surface area (Å²) in [6.45, 7) is 4.09. The molecule has 3 aromatic carbocycles. The molecule has 0 aliphatic heterocycles. The SMILES string of the molecule is Cc1cc(/C=C(/C#N)c2ccccc2)c(C)n1-c1ccc(-c2ccc([N+](=O)[O-])cc2)cc1. The number of nitro groups is 1. The third kappa shape index (κ3) is 4.07. The molecule has 0 saturated carbocycles. The van der Waals surface area contributed by atoms with E-state index in [1.807, 2.05) is 74.5 Å². The number of rotatable bonds is 5. The van der Waals surface area contributed by atoms with Crippen molar-refractivity contribution in [2.75, 3.05) is 0 Å². The molecule has 0 radical (unpaired) electrons. The molecule has 5 nitrogen and oxygen atoms in total. The van der Waals surface area contributed by atoms with Crippen LogP contribution in [0.25, 0.3) is 28.5 Å². The molecule has 4 rings (SSSR count). The lowest BCUT2D eigenvalue weighted by Gasteiger charge is -2.11. The Hall–Kier alpha value is -4.43. The fourth-order valence-electron chi connectivity index (χ4n) is 3.86. The quantitative estimate of drug-likeness (QED) is 0.204. The third-order valence-corrected chi connectivity index (χ3v) is 5.51. The van der Waals surface area contributed by atoms with Crippen molar-refractivity contribution in [3.63, 3.8) is 0 Å². The highest BCUT2D eigenvalue weighted by atomic mass is 16.6. The number of aromatic nitrogens is 1. The Kier molecular flexibility index (Phi) is 5.69. The van der Waals surface area contributed by atoms with E-state index in [9.17, 15) is 15.4 Å². The van der Waals surface area contributed by atoms with Gasteiger partial charge in [-0.25, -0.2) is 0 Å². The predicted molar refractivity (Wildman–Crippen MR) is 127 cm³/mol. The minimum atomic E-state index is -0.397. The van der Waals surface area contributed by atoms with Crippen LogP contribution in [0.4, 0.5) is 5.69 Å². The molecule has 0 aliphatic carbocycles. The summed E-state index contributed by atoms with van der Waals surface area (Å²) in [5.74, 6) is 0.